The van der Waals surface area contributed by atoms with E-state index in [9.17, 15) is 0 Å². The van der Waals surface area contributed by atoms with Gasteiger partial charge in [0.25, 0.3) is 0 Å². The molecule has 0 aromatic heterocycles. The Balaban J connectivity index is 2.79. The first-order chi connectivity index (χ1) is 7.48. The van der Waals surface area contributed by atoms with Crippen molar-refractivity contribution >= 4 is 21.6 Å². The third-order valence-corrected chi connectivity index (χ3v) is 3.31. The van der Waals surface area contributed by atoms with Crippen molar-refractivity contribution in [3.63, 3.8) is 0 Å². The van der Waals surface area contributed by atoms with Crippen LogP contribution < -0.4 is 5.32 Å². The van der Waals surface area contributed by atoms with Gasteiger partial charge in [0.1, 0.15) is 6.07 Å². The van der Waals surface area contributed by atoms with Crippen molar-refractivity contribution in [2.24, 2.45) is 5.41 Å². The molecule has 0 aliphatic heterocycles. The van der Waals surface area contributed by atoms with E-state index in [4.69, 9.17) is 5.26 Å². The highest BCUT2D eigenvalue weighted by atomic mass is 79.9. The molecule has 0 aliphatic rings. The molecule has 1 N–H and O–H groups in total. The summed E-state index contributed by atoms with van der Waals surface area (Å²) in [6.07, 6.45) is 1.11. The monoisotopic (exact) mass is 280 g/mol. The molecular weight excluding hydrogens is 264 g/mol. The molecule has 1 aromatic carbocycles. The Morgan fingerprint density at radius 1 is 1.44 bits per heavy atom. The van der Waals surface area contributed by atoms with Crippen molar-refractivity contribution in [1.29, 1.82) is 5.26 Å². The number of nitriles is 1. The second kappa shape index (κ2) is 5.36. The predicted octanol–water partition coefficient (Wildman–Crippen LogP) is 4.17. The van der Waals surface area contributed by atoms with Gasteiger partial charge in [-0.3, -0.25) is 0 Å². The van der Waals surface area contributed by atoms with E-state index in [1.165, 1.54) is 0 Å². The molecule has 16 heavy (non-hydrogen) atoms. The highest BCUT2D eigenvalue weighted by Gasteiger charge is 2.15. The van der Waals surface area contributed by atoms with Crippen LogP contribution >= 0.6 is 15.9 Å². The number of hydrogen-bond acceptors (Lipinski definition) is 2. The van der Waals surface area contributed by atoms with Gasteiger partial charge in [-0.25, -0.2) is 0 Å². The molecule has 0 spiro atoms. The zero-order valence-electron chi connectivity index (χ0n) is 9.97. The maximum atomic E-state index is 9.02. The normalized spacial score (nSPS) is 10.9. The molecule has 0 saturated heterocycles. The third kappa shape index (κ3) is 3.53. The number of benzene rings is 1. The smallest absolute Gasteiger partial charge is 0.101 e. The second-order valence-electron chi connectivity index (χ2n) is 4.67. The van der Waals surface area contributed by atoms with Gasteiger partial charge in [0, 0.05) is 11.0 Å². The maximum absolute atomic E-state index is 9.02. The van der Waals surface area contributed by atoms with Gasteiger partial charge >= 0.3 is 0 Å². The van der Waals surface area contributed by atoms with Crippen molar-refractivity contribution in [3.05, 3.63) is 28.2 Å². The fraction of sp³-hybridized carbons (Fsp3) is 0.462. The summed E-state index contributed by atoms with van der Waals surface area (Å²) < 4.78 is 0.935. The van der Waals surface area contributed by atoms with Crippen molar-refractivity contribution < 1.29 is 0 Å². The van der Waals surface area contributed by atoms with Crippen molar-refractivity contribution in [1.82, 2.24) is 0 Å². The first kappa shape index (κ1) is 13.1. The lowest BCUT2D eigenvalue weighted by atomic mass is 9.90. The molecule has 0 unspecified atom stereocenters. The van der Waals surface area contributed by atoms with Crippen LogP contribution in [-0.4, -0.2) is 6.54 Å². The van der Waals surface area contributed by atoms with Crippen LogP contribution in [0.4, 0.5) is 5.69 Å². The zero-order chi connectivity index (χ0) is 12.2. The lowest BCUT2D eigenvalue weighted by Gasteiger charge is -2.23. The van der Waals surface area contributed by atoms with Gasteiger partial charge in [-0.1, -0.05) is 36.7 Å². The number of halogens is 1. The van der Waals surface area contributed by atoms with Crippen LogP contribution in [0.15, 0.2) is 22.7 Å². The van der Waals surface area contributed by atoms with Gasteiger partial charge in [-0.05, 0) is 30.0 Å². The highest BCUT2D eigenvalue weighted by Crippen LogP contribution is 2.24. The maximum Gasteiger partial charge on any atom is 0.101 e. The molecule has 86 valence electrons. The predicted molar refractivity (Wildman–Crippen MR) is 71.4 cm³/mol. The minimum Gasteiger partial charge on any atom is -0.383 e. The number of nitrogens with zero attached hydrogens (tertiary/aromatic N) is 1. The van der Waals surface area contributed by atoms with Crippen LogP contribution in [0.3, 0.4) is 0 Å². The van der Waals surface area contributed by atoms with Crippen LogP contribution in [-0.2, 0) is 0 Å². The number of anilines is 1. The number of nitrogens with one attached hydrogen (secondary N) is 1. The summed E-state index contributed by atoms with van der Waals surface area (Å²) in [6, 6.07) is 7.92. The van der Waals surface area contributed by atoms with Crippen LogP contribution in [0.2, 0.25) is 0 Å². The molecule has 0 heterocycles. The minimum atomic E-state index is 0.250. The Hall–Kier alpha value is -1.01. The topological polar surface area (TPSA) is 35.8 Å². The first-order valence-corrected chi connectivity index (χ1v) is 6.21. The van der Waals surface area contributed by atoms with Gasteiger partial charge < -0.3 is 5.32 Å². The molecule has 0 amide bonds. The first-order valence-electron chi connectivity index (χ1n) is 5.42. The Morgan fingerprint density at radius 3 is 2.69 bits per heavy atom. The second-order valence-corrected chi connectivity index (χ2v) is 5.59. The highest BCUT2D eigenvalue weighted by molar-refractivity contribution is 9.10. The molecule has 0 bridgehead atoms. The third-order valence-electron chi connectivity index (χ3n) is 2.82. The van der Waals surface area contributed by atoms with Crippen molar-refractivity contribution in [2.45, 2.75) is 27.2 Å². The van der Waals surface area contributed by atoms with Crippen molar-refractivity contribution in [2.75, 3.05) is 11.9 Å². The van der Waals surface area contributed by atoms with Crippen LogP contribution in [0.25, 0.3) is 0 Å². The molecular formula is C13H17BrN2. The molecule has 3 heteroatoms. The molecule has 0 atom stereocenters. The van der Waals surface area contributed by atoms with Crippen LogP contribution in [0.1, 0.15) is 32.8 Å². The summed E-state index contributed by atoms with van der Waals surface area (Å²) in [6.45, 7) is 7.48. The van der Waals surface area contributed by atoms with Gasteiger partial charge in [0.2, 0.25) is 0 Å². The lowest BCUT2D eigenvalue weighted by Crippen LogP contribution is -2.22. The quantitative estimate of drug-likeness (QED) is 0.899. The van der Waals surface area contributed by atoms with E-state index in [1.54, 1.807) is 0 Å². The molecule has 1 aromatic rings. The molecule has 0 radical (unpaired) electrons. The zero-order valence-corrected chi connectivity index (χ0v) is 11.6. The average Bonchev–Trinajstić information content (AvgIpc) is 2.27. The Kier molecular flexibility index (Phi) is 4.37. The van der Waals surface area contributed by atoms with E-state index < -0.39 is 0 Å². The van der Waals surface area contributed by atoms with Gasteiger partial charge in [-0.15, -0.1) is 0 Å². The van der Waals surface area contributed by atoms with E-state index >= 15 is 0 Å². The summed E-state index contributed by atoms with van der Waals surface area (Å²) in [5, 5.41) is 12.4. The standard InChI is InChI=1S/C13H17BrN2/c1-4-13(2,3)9-16-12-6-5-11(14)7-10(12)8-15/h5-7,16H,4,9H2,1-3H3. The fourth-order valence-electron chi connectivity index (χ4n) is 1.22. The van der Waals surface area contributed by atoms with Gasteiger partial charge in [0.05, 0.1) is 11.3 Å². The molecule has 2 nitrogen and oxygen atoms in total. The molecule has 0 saturated carbocycles. The summed E-state index contributed by atoms with van der Waals surface area (Å²) in [5.41, 5.74) is 1.84. The summed E-state index contributed by atoms with van der Waals surface area (Å²) in [7, 11) is 0. The van der Waals surface area contributed by atoms with E-state index in [0.717, 1.165) is 23.1 Å². The summed E-state index contributed by atoms with van der Waals surface area (Å²) >= 11 is 3.36. The van der Waals surface area contributed by atoms with Gasteiger partial charge in [0.15, 0.2) is 0 Å². The molecule has 0 fully saturated rings. The summed E-state index contributed by atoms with van der Waals surface area (Å²) in [4.78, 5) is 0. The fourth-order valence-corrected chi connectivity index (χ4v) is 1.58. The molecule has 0 aliphatic carbocycles. The minimum absolute atomic E-state index is 0.250. The lowest BCUT2D eigenvalue weighted by molar-refractivity contribution is 0.377. The number of hydrogen-bond donors (Lipinski definition) is 1. The van der Waals surface area contributed by atoms with E-state index in [-0.39, 0.29) is 5.41 Å². The Morgan fingerprint density at radius 2 is 2.12 bits per heavy atom. The Bertz CT molecular complexity index is 405. The number of rotatable bonds is 4. The van der Waals surface area contributed by atoms with Crippen molar-refractivity contribution in [3.8, 4) is 6.07 Å². The van der Waals surface area contributed by atoms with E-state index in [2.05, 4.69) is 48.1 Å². The van der Waals surface area contributed by atoms with E-state index in [0.29, 0.717) is 5.56 Å². The SMILES string of the molecule is CCC(C)(C)CNc1ccc(Br)cc1C#N. The Labute approximate surface area is 106 Å². The van der Waals surface area contributed by atoms with Crippen LogP contribution in [0, 0.1) is 16.7 Å². The summed E-state index contributed by atoms with van der Waals surface area (Å²) in [5.74, 6) is 0. The molecule has 1 rings (SSSR count). The van der Waals surface area contributed by atoms with E-state index in [1.807, 2.05) is 18.2 Å². The van der Waals surface area contributed by atoms with Crippen LogP contribution in [0.5, 0.6) is 0 Å². The van der Waals surface area contributed by atoms with Gasteiger partial charge in [-0.2, -0.15) is 5.26 Å². The largest absolute Gasteiger partial charge is 0.383 e. The average molecular weight is 281 g/mol.